The molecule has 2 unspecified atom stereocenters. The van der Waals surface area contributed by atoms with Crippen molar-refractivity contribution in [2.45, 2.75) is 26.3 Å². The maximum atomic E-state index is 13.4. The molecule has 1 aromatic heterocycles. The molecule has 1 aliphatic carbocycles. The third-order valence-electron chi connectivity index (χ3n) is 3.26. The summed E-state index contributed by atoms with van der Waals surface area (Å²) in [5.41, 5.74) is 1.61. The molecule has 1 heterocycles. The fraction of sp³-hybridized carbons (Fsp3) is 0.417. The highest BCUT2D eigenvalue weighted by Crippen LogP contribution is 2.43. The van der Waals surface area contributed by atoms with Gasteiger partial charge >= 0.3 is 0 Å². The van der Waals surface area contributed by atoms with Gasteiger partial charge in [0.05, 0.1) is 17.8 Å². The zero-order chi connectivity index (χ0) is 10.6. The van der Waals surface area contributed by atoms with E-state index >= 15 is 0 Å². The highest BCUT2D eigenvalue weighted by molar-refractivity contribution is 5.79. The van der Waals surface area contributed by atoms with E-state index in [9.17, 15) is 4.39 Å². The molecule has 2 nitrogen and oxygen atoms in total. The first-order valence-electron chi connectivity index (χ1n) is 5.30. The normalized spacial score (nSPS) is 24.7. The fourth-order valence-electron chi connectivity index (χ4n) is 2.09. The largest absolute Gasteiger partial charge is 0.261 e. The van der Waals surface area contributed by atoms with E-state index in [2.05, 4.69) is 12.0 Å². The fourth-order valence-corrected chi connectivity index (χ4v) is 2.09. The van der Waals surface area contributed by atoms with Crippen molar-refractivity contribution in [2.75, 3.05) is 0 Å². The van der Waals surface area contributed by atoms with Crippen LogP contribution in [0.2, 0.25) is 0 Å². The Balaban J connectivity index is 2.20. The SMILES string of the molecule is Cc1cc2cnn(C3CC3C)c2cc1F. The lowest BCUT2D eigenvalue weighted by Crippen LogP contribution is -1.97. The summed E-state index contributed by atoms with van der Waals surface area (Å²) in [5, 5.41) is 5.38. The predicted octanol–water partition coefficient (Wildman–Crippen LogP) is 3.06. The summed E-state index contributed by atoms with van der Waals surface area (Å²) in [4.78, 5) is 0. The Morgan fingerprint density at radius 3 is 2.87 bits per heavy atom. The minimum atomic E-state index is -0.141. The molecule has 1 saturated carbocycles. The van der Waals surface area contributed by atoms with Gasteiger partial charge in [-0.15, -0.1) is 0 Å². The van der Waals surface area contributed by atoms with Gasteiger partial charge in [-0.1, -0.05) is 6.92 Å². The van der Waals surface area contributed by atoms with Gasteiger partial charge in [0.25, 0.3) is 0 Å². The van der Waals surface area contributed by atoms with Crippen LogP contribution < -0.4 is 0 Å². The summed E-state index contributed by atoms with van der Waals surface area (Å²) in [6.07, 6.45) is 2.99. The van der Waals surface area contributed by atoms with Crippen molar-refractivity contribution >= 4 is 10.9 Å². The molecule has 3 heteroatoms. The first kappa shape index (κ1) is 8.89. The van der Waals surface area contributed by atoms with Crippen molar-refractivity contribution in [3.8, 4) is 0 Å². The van der Waals surface area contributed by atoms with E-state index in [0.29, 0.717) is 17.5 Å². The Hall–Kier alpha value is -1.38. The van der Waals surface area contributed by atoms with Gasteiger partial charge in [-0.25, -0.2) is 4.39 Å². The van der Waals surface area contributed by atoms with Crippen molar-refractivity contribution < 1.29 is 4.39 Å². The van der Waals surface area contributed by atoms with Crippen LogP contribution in [-0.4, -0.2) is 9.78 Å². The van der Waals surface area contributed by atoms with Gasteiger partial charge in [0.1, 0.15) is 5.82 Å². The first-order valence-corrected chi connectivity index (χ1v) is 5.30. The molecule has 2 atom stereocenters. The average Bonchev–Trinajstić information content (AvgIpc) is 2.77. The predicted molar refractivity (Wildman–Crippen MR) is 57.2 cm³/mol. The van der Waals surface area contributed by atoms with Crippen LogP contribution in [0.1, 0.15) is 24.9 Å². The molecule has 0 N–H and O–H groups in total. The minimum absolute atomic E-state index is 0.141. The smallest absolute Gasteiger partial charge is 0.128 e. The summed E-state index contributed by atoms with van der Waals surface area (Å²) in [5.74, 6) is 0.537. The van der Waals surface area contributed by atoms with Gasteiger partial charge in [0.15, 0.2) is 0 Å². The molecular weight excluding hydrogens is 191 g/mol. The van der Waals surface area contributed by atoms with Crippen LogP contribution in [0.4, 0.5) is 4.39 Å². The molecule has 0 saturated heterocycles. The van der Waals surface area contributed by atoms with E-state index in [0.717, 1.165) is 17.3 Å². The van der Waals surface area contributed by atoms with Gasteiger partial charge in [-0.05, 0) is 30.9 Å². The maximum absolute atomic E-state index is 13.4. The van der Waals surface area contributed by atoms with Crippen LogP contribution in [0, 0.1) is 18.7 Å². The molecule has 3 rings (SSSR count). The minimum Gasteiger partial charge on any atom is -0.261 e. The lowest BCUT2D eigenvalue weighted by Gasteiger charge is -2.02. The number of aryl methyl sites for hydroxylation is 1. The number of rotatable bonds is 1. The summed E-state index contributed by atoms with van der Waals surface area (Å²) in [7, 11) is 0. The summed E-state index contributed by atoms with van der Waals surface area (Å²) in [6.45, 7) is 3.98. The van der Waals surface area contributed by atoms with Gasteiger partial charge in [0.2, 0.25) is 0 Å². The maximum Gasteiger partial charge on any atom is 0.128 e. The summed E-state index contributed by atoms with van der Waals surface area (Å²) < 4.78 is 15.4. The van der Waals surface area contributed by atoms with E-state index in [1.807, 2.05) is 16.9 Å². The molecule has 1 aromatic carbocycles. The molecule has 15 heavy (non-hydrogen) atoms. The molecule has 0 bridgehead atoms. The van der Waals surface area contributed by atoms with Crippen molar-refractivity contribution in [1.82, 2.24) is 9.78 Å². The van der Waals surface area contributed by atoms with E-state index in [1.54, 1.807) is 13.0 Å². The number of hydrogen-bond acceptors (Lipinski definition) is 1. The Morgan fingerprint density at radius 1 is 1.47 bits per heavy atom. The van der Waals surface area contributed by atoms with Crippen molar-refractivity contribution in [1.29, 1.82) is 0 Å². The second-order valence-electron chi connectivity index (χ2n) is 4.53. The lowest BCUT2D eigenvalue weighted by atomic mass is 10.2. The first-order chi connectivity index (χ1) is 7.16. The Labute approximate surface area is 87.7 Å². The molecule has 2 aromatic rings. The highest BCUT2D eigenvalue weighted by Gasteiger charge is 2.35. The van der Waals surface area contributed by atoms with E-state index in [4.69, 9.17) is 0 Å². The number of benzene rings is 1. The van der Waals surface area contributed by atoms with E-state index in [1.165, 1.54) is 0 Å². The zero-order valence-corrected chi connectivity index (χ0v) is 8.87. The highest BCUT2D eigenvalue weighted by atomic mass is 19.1. The number of hydrogen-bond donors (Lipinski definition) is 0. The van der Waals surface area contributed by atoms with Crippen LogP contribution in [0.15, 0.2) is 18.3 Å². The second kappa shape index (κ2) is 2.81. The molecule has 0 spiro atoms. The number of halogens is 1. The topological polar surface area (TPSA) is 17.8 Å². The second-order valence-corrected chi connectivity index (χ2v) is 4.53. The quantitative estimate of drug-likeness (QED) is 0.698. The average molecular weight is 204 g/mol. The monoisotopic (exact) mass is 204 g/mol. The third kappa shape index (κ3) is 1.26. The van der Waals surface area contributed by atoms with Crippen molar-refractivity contribution in [2.24, 2.45) is 5.92 Å². The molecular formula is C12H13FN2. The molecule has 0 amide bonds. The van der Waals surface area contributed by atoms with Crippen LogP contribution in [-0.2, 0) is 0 Å². The third-order valence-corrected chi connectivity index (χ3v) is 3.26. The van der Waals surface area contributed by atoms with Gasteiger partial charge in [-0.2, -0.15) is 5.10 Å². The van der Waals surface area contributed by atoms with Crippen LogP contribution >= 0.6 is 0 Å². The standard InChI is InChI=1S/C12H13FN2/c1-7-3-9-6-14-15(11-4-8(11)2)12(9)5-10(7)13/h3,5-6,8,11H,4H2,1-2H3. The van der Waals surface area contributed by atoms with Gasteiger partial charge < -0.3 is 0 Å². The summed E-state index contributed by atoms with van der Waals surface area (Å²) >= 11 is 0. The Morgan fingerprint density at radius 2 is 2.20 bits per heavy atom. The van der Waals surface area contributed by atoms with E-state index < -0.39 is 0 Å². The van der Waals surface area contributed by atoms with Crippen LogP contribution in [0.25, 0.3) is 10.9 Å². The van der Waals surface area contributed by atoms with Crippen LogP contribution in [0.3, 0.4) is 0 Å². The molecule has 0 radical (unpaired) electrons. The van der Waals surface area contributed by atoms with E-state index in [-0.39, 0.29) is 5.82 Å². The zero-order valence-electron chi connectivity index (χ0n) is 8.87. The van der Waals surface area contributed by atoms with Crippen LogP contribution in [0.5, 0.6) is 0 Å². The Kier molecular flexibility index (Phi) is 1.67. The lowest BCUT2D eigenvalue weighted by molar-refractivity contribution is 0.607. The number of nitrogens with zero attached hydrogens (tertiary/aromatic N) is 2. The number of fused-ring (bicyclic) bond motifs is 1. The molecule has 78 valence electrons. The molecule has 1 fully saturated rings. The molecule has 1 aliphatic rings. The van der Waals surface area contributed by atoms with Crippen molar-refractivity contribution in [3.05, 3.63) is 29.7 Å². The number of aromatic nitrogens is 2. The van der Waals surface area contributed by atoms with Gasteiger partial charge in [0, 0.05) is 11.5 Å². The van der Waals surface area contributed by atoms with Gasteiger partial charge in [-0.3, -0.25) is 4.68 Å². The van der Waals surface area contributed by atoms with Crippen molar-refractivity contribution in [3.63, 3.8) is 0 Å². The molecule has 0 aliphatic heterocycles. The summed E-state index contributed by atoms with van der Waals surface area (Å²) in [6, 6.07) is 3.94. The Bertz CT molecular complexity index is 530.